The zero-order chi connectivity index (χ0) is 14.4. The van der Waals surface area contributed by atoms with Crippen molar-refractivity contribution >= 4 is 11.7 Å². The van der Waals surface area contributed by atoms with Crippen molar-refractivity contribution < 1.29 is 9.53 Å². The first-order valence-electron chi connectivity index (χ1n) is 7.11. The van der Waals surface area contributed by atoms with Gasteiger partial charge in [-0.05, 0) is 18.8 Å². The van der Waals surface area contributed by atoms with Gasteiger partial charge in [0.05, 0.1) is 18.5 Å². The number of anilines is 1. The molecule has 1 unspecified atom stereocenters. The molecule has 2 N–H and O–H groups in total. The molecule has 0 bridgehead atoms. The lowest BCUT2D eigenvalue weighted by molar-refractivity contribution is 0.0853. The van der Waals surface area contributed by atoms with Crippen molar-refractivity contribution in [1.29, 1.82) is 0 Å². The Morgan fingerprint density at radius 1 is 1.45 bits per heavy atom. The molecule has 110 valence electrons. The van der Waals surface area contributed by atoms with Gasteiger partial charge in [0.15, 0.2) is 0 Å². The van der Waals surface area contributed by atoms with Crippen LogP contribution in [0.3, 0.4) is 0 Å². The number of ether oxygens (including phenoxy) is 1. The Bertz CT molecular complexity index is 427. The summed E-state index contributed by atoms with van der Waals surface area (Å²) in [5, 5.41) is 5.99. The van der Waals surface area contributed by atoms with Crippen LogP contribution in [0.1, 0.15) is 37.2 Å². The number of carbonyl (C=O) groups excluding carboxylic acids is 1. The normalized spacial score (nSPS) is 18.2. The van der Waals surface area contributed by atoms with Crippen LogP contribution in [-0.2, 0) is 4.74 Å². The van der Waals surface area contributed by atoms with Gasteiger partial charge in [-0.15, -0.1) is 0 Å². The Labute approximate surface area is 119 Å². The van der Waals surface area contributed by atoms with Crippen molar-refractivity contribution in [2.45, 2.75) is 32.8 Å². The van der Waals surface area contributed by atoms with Crippen LogP contribution in [0.4, 0.5) is 5.82 Å². The third kappa shape index (κ3) is 4.45. The van der Waals surface area contributed by atoms with Crippen LogP contribution in [0.5, 0.6) is 0 Å². The summed E-state index contributed by atoms with van der Waals surface area (Å²) < 4.78 is 5.45. The van der Waals surface area contributed by atoms with Crippen molar-refractivity contribution in [3.05, 3.63) is 18.1 Å². The van der Waals surface area contributed by atoms with E-state index in [-0.39, 0.29) is 12.0 Å². The number of hydrogen-bond acceptors (Lipinski definition) is 5. The fourth-order valence-corrected chi connectivity index (χ4v) is 1.95. The van der Waals surface area contributed by atoms with Crippen LogP contribution in [-0.4, -0.2) is 41.7 Å². The van der Waals surface area contributed by atoms with E-state index >= 15 is 0 Å². The Morgan fingerprint density at radius 3 is 2.90 bits per heavy atom. The monoisotopic (exact) mass is 278 g/mol. The molecule has 1 aromatic rings. The predicted molar refractivity (Wildman–Crippen MR) is 76.7 cm³/mol. The number of rotatable bonds is 6. The first-order valence-corrected chi connectivity index (χ1v) is 7.11. The minimum absolute atomic E-state index is 0.138. The summed E-state index contributed by atoms with van der Waals surface area (Å²) in [5.41, 5.74) is 0.332. The summed E-state index contributed by atoms with van der Waals surface area (Å²) >= 11 is 0. The maximum Gasteiger partial charge on any atom is 0.271 e. The van der Waals surface area contributed by atoms with Gasteiger partial charge in [-0.1, -0.05) is 13.8 Å². The van der Waals surface area contributed by atoms with Crippen molar-refractivity contribution in [2.75, 3.05) is 25.0 Å². The minimum atomic E-state index is -0.205. The Hall–Kier alpha value is -1.69. The summed E-state index contributed by atoms with van der Waals surface area (Å²) in [4.78, 5) is 20.2. The molecule has 1 atom stereocenters. The molecule has 1 aliphatic heterocycles. The van der Waals surface area contributed by atoms with Crippen LogP contribution in [0, 0.1) is 5.92 Å². The highest BCUT2D eigenvalue weighted by Crippen LogP contribution is 2.10. The predicted octanol–water partition coefficient (Wildman–Crippen LogP) is 1.45. The molecule has 1 amide bonds. The molecule has 0 aromatic carbocycles. The van der Waals surface area contributed by atoms with Crippen molar-refractivity contribution in [2.24, 2.45) is 5.92 Å². The lowest BCUT2D eigenvalue weighted by Crippen LogP contribution is -2.32. The molecule has 2 heterocycles. The van der Waals surface area contributed by atoms with Crippen LogP contribution in [0.25, 0.3) is 0 Å². The first-order chi connectivity index (χ1) is 9.65. The Kier molecular flexibility index (Phi) is 5.29. The Morgan fingerprint density at radius 2 is 2.30 bits per heavy atom. The quantitative estimate of drug-likeness (QED) is 0.823. The van der Waals surface area contributed by atoms with Crippen LogP contribution in [0.2, 0.25) is 0 Å². The maximum atomic E-state index is 11.9. The molecule has 1 aliphatic rings. The van der Waals surface area contributed by atoms with Gasteiger partial charge in [0.2, 0.25) is 0 Å². The average Bonchev–Trinajstić information content (AvgIpc) is 2.96. The number of nitrogens with one attached hydrogen (secondary N) is 2. The van der Waals surface area contributed by atoms with Crippen molar-refractivity contribution in [3.63, 3.8) is 0 Å². The van der Waals surface area contributed by atoms with E-state index in [0.717, 1.165) is 26.0 Å². The van der Waals surface area contributed by atoms with Gasteiger partial charge in [0.25, 0.3) is 5.91 Å². The number of nitrogens with zero attached hydrogens (tertiary/aromatic N) is 2. The van der Waals surface area contributed by atoms with Crippen LogP contribution < -0.4 is 10.6 Å². The van der Waals surface area contributed by atoms with Gasteiger partial charge in [-0.25, -0.2) is 9.97 Å². The lowest BCUT2D eigenvalue weighted by Gasteiger charge is -2.11. The second kappa shape index (κ2) is 7.19. The molecule has 0 aliphatic carbocycles. The third-order valence-corrected chi connectivity index (χ3v) is 3.09. The first kappa shape index (κ1) is 14.7. The zero-order valence-corrected chi connectivity index (χ0v) is 12.1. The highest BCUT2D eigenvalue weighted by Gasteiger charge is 2.17. The summed E-state index contributed by atoms with van der Waals surface area (Å²) in [6.45, 7) is 6.39. The molecule has 0 spiro atoms. The molecule has 6 nitrogen and oxygen atoms in total. The largest absolute Gasteiger partial charge is 0.376 e. The lowest BCUT2D eigenvalue weighted by atomic mass is 10.2. The number of aromatic nitrogens is 2. The topological polar surface area (TPSA) is 76.1 Å². The van der Waals surface area contributed by atoms with Gasteiger partial charge in [0.1, 0.15) is 11.5 Å². The van der Waals surface area contributed by atoms with Crippen LogP contribution in [0.15, 0.2) is 12.4 Å². The smallest absolute Gasteiger partial charge is 0.271 e. The van der Waals surface area contributed by atoms with E-state index in [1.54, 1.807) is 6.20 Å². The molecule has 1 saturated heterocycles. The highest BCUT2D eigenvalue weighted by molar-refractivity contribution is 5.92. The second-order valence-corrected chi connectivity index (χ2v) is 5.41. The van der Waals surface area contributed by atoms with E-state index in [0.29, 0.717) is 24.0 Å². The second-order valence-electron chi connectivity index (χ2n) is 5.41. The summed E-state index contributed by atoms with van der Waals surface area (Å²) in [7, 11) is 0. The van der Waals surface area contributed by atoms with Crippen LogP contribution >= 0.6 is 0 Å². The van der Waals surface area contributed by atoms with Gasteiger partial charge in [-0.2, -0.15) is 0 Å². The zero-order valence-electron chi connectivity index (χ0n) is 12.1. The third-order valence-electron chi connectivity index (χ3n) is 3.09. The molecule has 20 heavy (non-hydrogen) atoms. The molecule has 6 heteroatoms. The minimum Gasteiger partial charge on any atom is -0.376 e. The molecular weight excluding hydrogens is 256 g/mol. The fourth-order valence-electron chi connectivity index (χ4n) is 1.95. The van der Waals surface area contributed by atoms with Gasteiger partial charge >= 0.3 is 0 Å². The van der Waals surface area contributed by atoms with E-state index in [1.165, 1.54) is 6.20 Å². The maximum absolute atomic E-state index is 11.9. The standard InChI is InChI=1S/C14H22N4O2/c1-10(2)6-16-13-9-15-12(8-17-13)14(19)18-7-11-4-3-5-20-11/h8-11H,3-7H2,1-2H3,(H,16,17)(H,18,19). The van der Waals surface area contributed by atoms with Gasteiger partial charge < -0.3 is 15.4 Å². The van der Waals surface area contributed by atoms with E-state index in [9.17, 15) is 4.79 Å². The molecule has 0 radical (unpaired) electrons. The van der Waals surface area contributed by atoms with E-state index in [1.807, 2.05) is 0 Å². The van der Waals surface area contributed by atoms with Gasteiger partial charge in [0, 0.05) is 19.7 Å². The Balaban J connectivity index is 1.80. The number of carbonyl (C=O) groups is 1. The number of hydrogen-bond donors (Lipinski definition) is 2. The van der Waals surface area contributed by atoms with Crippen molar-refractivity contribution in [3.8, 4) is 0 Å². The highest BCUT2D eigenvalue weighted by atomic mass is 16.5. The SMILES string of the molecule is CC(C)CNc1cnc(C(=O)NCC2CCCO2)cn1. The fraction of sp³-hybridized carbons (Fsp3) is 0.643. The van der Waals surface area contributed by atoms with E-state index < -0.39 is 0 Å². The summed E-state index contributed by atoms with van der Waals surface area (Å²) in [5.74, 6) is 1.02. The van der Waals surface area contributed by atoms with E-state index in [4.69, 9.17) is 4.74 Å². The van der Waals surface area contributed by atoms with Gasteiger partial charge in [-0.3, -0.25) is 4.79 Å². The molecule has 2 rings (SSSR count). The van der Waals surface area contributed by atoms with Crippen molar-refractivity contribution in [1.82, 2.24) is 15.3 Å². The molecule has 1 aromatic heterocycles. The molecular formula is C14H22N4O2. The summed E-state index contributed by atoms with van der Waals surface area (Å²) in [6.07, 6.45) is 5.29. The molecule has 1 fully saturated rings. The number of amides is 1. The molecule has 0 saturated carbocycles. The summed E-state index contributed by atoms with van der Waals surface area (Å²) in [6, 6.07) is 0. The average molecular weight is 278 g/mol. The van der Waals surface area contributed by atoms with E-state index in [2.05, 4.69) is 34.4 Å².